The molecule has 0 aliphatic heterocycles. The van der Waals surface area contributed by atoms with Crippen molar-refractivity contribution in [3.8, 4) is 0 Å². The Labute approximate surface area is 264 Å². The van der Waals surface area contributed by atoms with Gasteiger partial charge in [0.05, 0.1) is 5.52 Å². The fourth-order valence-electron chi connectivity index (χ4n) is 6.95. The zero-order valence-corrected chi connectivity index (χ0v) is 28.4. The van der Waals surface area contributed by atoms with Gasteiger partial charge in [-0.05, 0) is 108 Å². The normalized spacial score (nSPS) is 11.5. The zero-order valence-electron chi connectivity index (χ0n) is 28.4. The van der Waals surface area contributed by atoms with Crippen molar-refractivity contribution in [2.45, 2.75) is 81.3 Å². The van der Waals surface area contributed by atoms with Gasteiger partial charge in [-0.1, -0.05) is 44.2 Å². The van der Waals surface area contributed by atoms with E-state index in [-0.39, 0.29) is 0 Å². The van der Waals surface area contributed by atoms with Crippen molar-refractivity contribution in [3.63, 3.8) is 0 Å². The Morgan fingerprint density at radius 3 is 1.30 bits per heavy atom. The quantitative estimate of drug-likeness (QED) is 0.158. The molecular formula is C40H52N4. The Morgan fingerprint density at radius 2 is 0.818 bits per heavy atom. The standard InChI is InChI=1S/2C20H26N2/c1-5-15-9-11-17-18-14-16(21(6-2)7-3)10-12-19(18)22(8-4)20(17)13-15;1-5-15-9-11-17-18-12-10-16(21(6-2)7-3)14-20(18)22(8-4)19(17)13-15/h2*9-14H,5-8H2,1-4H3. The maximum Gasteiger partial charge on any atom is 0.0512 e. The van der Waals surface area contributed by atoms with Crippen molar-refractivity contribution in [3.05, 3.63) is 83.9 Å². The lowest BCUT2D eigenvalue weighted by Crippen LogP contribution is -2.21. The molecule has 232 valence electrons. The lowest BCUT2D eigenvalue weighted by Gasteiger charge is -2.21. The first-order valence-corrected chi connectivity index (χ1v) is 17.1. The van der Waals surface area contributed by atoms with Gasteiger partial charge in [0.25, 0.3) is 0 Å². The lowest BCUT2D eigenvalue weighted by molar-refractivity contribution is 0.824. The van der Waals surface area contributed by atoms with Crippen LogP contribution in [0.5, 0.6) is 0 Å². The van der Waals surface area contributed by atoms with Crippen LogP contribution in [0.4, 0.5) is 11.4 Å². The van der Waals surface area contributed by atoms with Gasteiger partial charge in [0.1, 0.15) is 0 Å². The third-order valence-electron chi connectivity index (χ3n) is 9.54. The van der Waals surface area contributed by atoms with Gasteiger partial charge in [0, 0.05) is 88.7 Å². The number of anilines is 2. The first-order chi connectivity index (χ1) is 21.5. The Balaban J connectivity index is 0.000000175. The van der Waals surface area contributed by atoms with Crippen LogP contribution in [0.1, 0.15) is 66.5 Å². The highest BCUT2D eigenvalue weighted by atomic mass is 15.1. The molecule has 4 nitrogen and oxygen atoms in total. The van der Waals surface area contributed by atoms with E-state index in [1.165, 1.54) is 66.1 Å². The van der Waals surface area contributed by atoms with Gasteiger partial charge in [0.15, 0.2) is 0 Å². The van der Waals surface area contributed by atoms with Crippen molar-refractivity contribution in [2.75, 3.05) is 36.0 Å². The number of benzene rings is 4. The average Bonchev–Trinajstić information content (AvgIpc) is 3.56. The molecule has 4 heteroatoms. The molecule has 6 rings (SSSR count). The summed E-state index contributed by atoms with van der Waals surface area (Å²) in [4.78, 5) is 4.82. The smallest absolute Gasteiger partial charge is 0.0512 e. The molecule has 0 bridgehead atoms. The lowest BCUT2D eigenvalue weighted by atomic mass is 10.1. The Kier molecular flexibility index (Phi) is 9.88. The number of nitrogens with zero attached hydrogens (tertiary/aromatic N) is 4. The van der Waals surface area contributed by atoms with Crippen LogP contribution in [0.2, 0.25) is 0 Å². The van der Waals surface area contributed by atoms with E-state index in [1.807, 2.05) is 0 Å². The van der Waals surface area contributed by atoms with Gasteiger partial charge in [-0.2, -0.15) is 0 Å². The molecule has 44 heavy (non-hydrogen) atoms. The second-order valence-electron chi connectivity index (χ2n) is 11.6. The van der Waals surface area contributed by atoms with Crippen LogP contribution in [-0.4, -0.2) is 35.3 Å². The molecule has 4 aromatic carbocycles. The summed E-state index contributed by atoms with van der Waals surface area (Å²) in [6.45, 7) is 24.0. The molecule has 0 saturated carbocycles. The Morgan fingerprint density at radius 1 is 0.409 bits per heavy atom. The fourth-order valence-corrected chi connectivity index (χ4v) is 6.95. The number of rotatable bonds is 10. The molecule has 6 aromatic rings. The predicted molar refractivity (Wildman–Crippen MR) is 196 cm³/mol. The van der Waals surface area contributed by atoms with Gasteiger partial charge in [-0.25, -0.2) is 0 Å². The van der Waals surface area contributed by atoms with E-state index >= 15 is 0 Å². The monoisotopic (exact) mass is 588 g/mol. The van der Waals surface area contributed by atoms with Gasteiger partial charge in [-0.3, -0.25) is 0 Å². The second kappa shape index (κ2) is 13.8. The molecule has 0 spiro atoms. The van der Waals surface area contributed by atoms with Gasteiger partial charge in [-0.15, -0.1) is 0 Å². The van der Waals surface area contributed by atoms with E-state index in [9.17, 15) is 0 Å². The second-order valence-corrected chi connectivity index (χ2v) is 11.6. The molecule has 0 radical (unpaired) electrons. The van der Waals surface area contributed by atoms with Crippen LogP contribution >= 0.6 is 0 Å². The number of aromatic nitrogens is 2. The largest absolute Gasteiger partial charge is 0.372 e. The van der Waals surface area contributed by atoms with Crippen LogP contribution in [-0.2, 0) is 25.9 Å². The van der Waals surface area contributed by atoms with E-state index in [2.05, 4.69) is 147 Å². The van der Waals surface area contributed by atoms with Crippen molar-refractivity contribution in [2.24, 2.45) is 0 Å². The summed E-state index contributed by atoms with van der Waals surface area (Å²) in [5, 5.41) is 5.50. The van der Waals surface area contributed by atoms with Crippen LogP contribution in [0.25, 0.3) is 43.6 Å². The molecule has 0 amide bonds. The summed E-state index contributed by atoms with van der Waals surface area (Å²) < 4.78 is 4.90. The third-order valence-corrected chi connectivity index (χ3v) is 9.54. The number of fused-ring (bicyclic) bond motifs is 6. The number of hydrogen-bond acceptors (Lipinski definition) is 2. The first-order valence-electron chi connectivity index (χ1n) is 17.1. The van der Waals surface area contributed by atoms with Gasteiger partial charge >= 0.3 is 0 Å². The van der Waals surface area contributed by atoms with Crippen LogP contribution in [0, 0.1) is 0 Å². The molecule has 0 aliphatic rings. The van der Waals surface area contributed by atoms with E-state index in [4.69, 9.17) is 0 Å². The molecule has 2 heterocycles. The highest BCUT2D eigenvalue weighted by Gasteiger charge is 2.14. The van der Waals surface area contributed by atoms with Crippen molar-refractivity contribution in [1.29, 1.82) is 0 Å². The molecular weight excluding hydrogens is 536 g/mol. The first kappa shape index (κ1) is 31.5. The Hall–Kier alpha value is -3.92. The highest BCUT2D eigenvalue weighted by Crippen LogP contribution is 2.34. The topological polar surface area (TPSA) is 16.3 Å². The molecule has 0 aliphatic carbocycles. The maximum atomic E-state index is 2.46. The summed E-state index contributed by atoms with van der Waals surface area (Å²) in [5.41, 5.74) is 10.9. The maximum absolute atomic E-state index is 2.46. The van der Waals surface area contributed by atoms with Gasteiger partial charge < -0.3 is 18.9 Å². The summed E-state index contributed by atoms with van der Waals surface area (Å²) in [6, 6.07) is 27.7. The molecule has 0 N–H and O–H groups in total. The van der Waals surface area contributed by atoms with Crippen molar-refractivity contribution < 1.29 is 0 Å². The minimum absolute atomic E-state index is 1.01. The molecule has 0 saturated heterocycles. The van der Waals surface area contributed by atoms with E-state index in [1.54, 1.807) is 0 Å². The Bertz CT molecular complexity index is 1850. The molecule has 2 aromatic heterocycles. The van der Waals surface area contributed by atoms with Crippen LogP contribution in [0.3, 0.4) is 0 Å². The van der Waals surface area contributed by atoms with E-state index < -0.39 is 0 Å². The summed E-state index contributed by atoms with van der Waals surface area (Å²) in [7, 11) is 0. The average molecular weight is 589 g/mol. The van der Waals surface area contributed by atoms with E-state index in [0.717, 1.165) is 52.1 Å². The molecule has 0 atom stereocenters. The summed E-state index contributed by atoms with van der Waals surface area (Å²) in [6.07, 6.45) is 2.18. The minimum atomic E-state index is 1.01. The summed E-state index contributed by atoms with van der Waals surface area (Å²) >= 11 is 0. The predicted octanol–water partition coefficient (Wildman–Crippen LogP) is 10.4. The third kappa shape index (κ3) is 5.67. The van der Waals surface area contributed by atoms with Crippen LogP contribution in [0.15, 0.2) is 72.8 Å². The van der Waals surface area contributed by atoms with Crippen LogP contribution < -0.4 is 9.80 Å². The van der Waals surface area contributed by atoms with Crippen molar-refractivity contribution in [1.82, 2.24) is 9.13 Å². The minimum Gasteiger partial charge on any atom is -0.372 e. The zero-order chi connectivity index (χ0) is 31.4. The number of aryl methyl sites for hydroxylation is 4. The molecule has 0 fully saturated rings. The van der Waals surface area contributed by atoms with Gasteiger partial charge in [0.2, 0.25) is 0 Å². The highest BCUT2D eigenvalue weighted by molar-refractivity contribution is 6.10. The SMILES string of the molecule is CCc1ccc2c3cc(N(CC)CC)ccc3n(CC)c2c1.CCc1ccc2c3ccc(N(CC)CC)cc3n(CC)c2c1. The van der Waals surface area contributed by atoms with E-state index in [0.29, 0.717) is 0 Å². The molecule has 0 unspecified atom stereocenters. The summed E-state index contributed by atoms with van der Waals surface area (Å²) in [5.74, 6) is 0. The van der Waals surface area contributed by atoms with Crippen molar-refractivity contribution >= 4 is 55.0 Å². The fraction of sp³-hybridized carbons (Fsp3) is 0.400. The number of hydrogen-bond donors (Lipinski definition) is 0.